The van der Waals surface area contributed by atoms with Gasteiger partial charge in [-0.25, -0.2) is 4.79 Å². The van der Waals surface area contributed by atoms with Crippen molar-refractivity contribution >= 4 is 16.8 Å². The van der Waals surface area contributed by atoms with E-state index in [1.54, 1.807) is 37.1 Å². The number of aromatic amines is 1. The van der Waals surface area contributed by atoms with Gasteiger partial charge in [-0.05, 0) is 38.1 Å². The Balaban J connectivity index is 2.01. The van der Waals surface area contributed by atoms with Crippen molar-refractivity contribution < 1.29 is 4.79 Å². The third kappa shape index (κ3) is 2.68. The molecule has 2 aromatic rings. The van der Waals surface area contributed by atoms with Gasteiger partial charge < -0.3 is 15.2 Å². The highest BCUT2D eigenvalue weighted by atomic mass is 16.2. The van der Waals surface area contributed by atoms with Crippen LogP contribution in [0.4, 0.5) is 0 Å². The number of rotatable bonds is 3. The first-order valence-electron chi connectivity index (χ1n) is 7.77. The summed E-state index contributed by atoms with van der Waals surface area (Å²) in [4.78, 5) is 41.1. The Labute approximate surface area is 132 Å². The molecule has 0 aliphatic carbocycles. The van der Waals surface area contributed by atoms with Gasteiger partial charge in [-0.3, -0.25) is 14.2 Å². The van der Waals surface area contributed by atoms with Crippen LogP contribution in [0.3, 0.4) is 0 Å². The van der Waals surface area contributed by atoms with E-state index in [0.29, 0.717) is 23.0 Å². The number of hydrogen-bond donors (Lipinski definition) is 2. The number of carbonyl (C=O) groups is 1. The third-order valence-electron chi connectivity index (χ3n) is 4.45. The molecule has 2 heterocycles. The van der Waals surface area contributed by atoms with Crippen molar-refractivity contribution in [1.82, 2.24) is 19.8 Å². The van der Waals surface area contributed by atoms with Crippen LogP contribution >= 0.6 is 0 Å². The highest BCUT2D eigenvalue weighted by Gasteiger charge is 2.24. The van der Waals surface area contributed by atoms with E-state index in [9.17, 15) is 14.4 Å². The summed E-state index contributed by atoms with van der Waals surface area (Å²) in [6.45, 7) is 3.74. The van der Waals surface area contributed by atoms with E-state index in [2.05, 4.69) is 10.3 Å². The number of likely N-dealkylation sites (N-methyl/N-ethyl adjacent to an activating group) is 1. The smallest absolute Gasteiger partial charge is 0.328 e. The van der Waals surface area contributed by atoms with Gasteiger partial charge in [0.1, 0.15) is 0 Å². The molecule has 1 aromatic carbocycles. The molecule has 3 rings (SSSR count). The molecule has 2 N–H and O–H groups in total. The molecule has 7 nitrogen and oxygen atoms in total. The number of nitrogens with zero attached hydrogens (tertiary/aromatic N) is 2. The van der Waals surface area contributed by atoms with Crippen LogP contribution in [0, 0.1) is 0 Å². The van der Waals surface area contributed by atoms with Crippen molar-refractivity contribution in [3.05, 3.63) is 44.6 Å². The number of H-pyrrole nitrogens is 1. The summed E-state index contributed by atoms with van der Waals surface area (Å²) >= 11 is 0. The Hall–Kier alpha value is -2.41. The van der Waals surface area contributed by atoms with Crippen LogP contribution in [0.25, 0.3) is 10.9 Å². The van der Waals surface area contributed by atoms with Crippen LogP contribution in [-0.2, 0) is 6.54 Å². The molecule has 1 atom stereocenters. The van der Waals surface area contributed by atoms with Gasteiger partial charge in [0.05, 0.1) is 10.9 Å². The van der Waals surface area contributed by atoms with E-state index in [1.807, 2.05) is 0 Å². The van der Waals surface area contributed by atoms with Gasteiger partial charge in [-0.2, -0.15) is 0 Å². The fourth-order valence-electron chi connectivity index (χ4n) is 3.01. The van der Waals surface area contributed by atoms with E-state index < -0.39 is 5.69 Å². The monoisotopic (exact) mass is 316 g/mol. The molecule has 122 valence electrons. The van der Waals surface area contributed by atoms with E-state index in [0.717, 1.165) is 24.1 Å². The number of amides is 1. The molecule has 1 fully saturated rings. The van der Waals surface area contributed by atoms with E-state index in [1.165, 1.54) is 0 Å². The van der Waals surface area contributed by atoms with Crippen molar-refractivity contribution in [1.29, 1.82) is 0 Å². The predicted octanol–water partition coefficient (Wildman–Crippen LogP) is 0.144. The van der Waals surface area contributed by atoms with Crippen LogP contribution in [0.5, 0.6) is 0 Å². The first kappa shape index (κ1) is 15.5. The third-order valence-corrected chi connectivity index (χ3v) is 4.45. The predicted molar refractivity (Wildman–Crippen MR) is 87.9 cm³/mol. The molecule has 1 saturated heterocycles. The van der Waals surface area contributed by atoms with Crippen LogP contribution in [0.2, 0.25) is 0 Å². The number of carbonyl (C=O) groups excluding carboxylic acids is 1. The van der Waals surface area contributed by atoms with E-state index in [-0.39, 0.29) is 17.5 Å². The summed E-state index contributed by atoms with van der Waals surface area (Å²) in [6.07, 6.45) is 0.924. The second-order valence-corrected chi connectivity index (χ2v) is 5.80. The largest absolute Gasteiger partial charge is 0.337 e. The molecule has 1 aliphatic rings. The van der Waals surface area contributed by atoms with Crippen molar-refractivity contribution in [2.75, 3.05) is 20.1 Å². The van der Waals surface area contributed by atoms with Gasteiger partial charge in [0.25, 0.3) is 11.5 Å². The van der Waals surface area contributed by atoms with Gasteiger partial charge in [0, 0.05) is 31.7 Å². The number of aromatic nitrogens is 2. The van der Waals surface area contributed by atoms with E-state index in [4.69, 9.17) is 0 Å². The van der Waals surface area contributed by atoms with Crippen molar-refractivity contribution in [3.8, 4) is 0 Å². The van der Waals surface area contributed by atoms with Crippen LogP contribution in [0.1, 0.15) is 23.7 Å². The molecular formula is C16H20N4O3. The lowest BCUT2D eigenvalue weighted by atomic mass is 10.1. The minimum absolute atomic E-state index is 0.110. The SMILES string of the molecule is CCn1c(=O)[nH]c2cc(C(=O)N(C)C3CCNC3)ccc2c1=O. The first-order valence-corrected chi connectivity index (χ1v) is 7.77. The molecule has 23 heavy (non-hydrogen) atoms. The van der Waals surface area contributed by atoms with Gasteiger partial charge in [0.15, 0.2) is 0 Å². The van der Waals surface area contributed by atoms with E-state index >= 15 is 0 Å². The fraction of sp³-hybridized carbons (Fsp3) is 0.438. The summed E-state index contributed by atoms with van der Waals surface area (Å²) in [6, 6.07) is 5.00. The second kappa shape index (κ2) is 6.00. The second-order valence-electron chi connectivity index (χ2n) is 5.80. The number of hydrogen-bond acceptors (Lipinski definition) is 4. The molecule has 1 aromatic heterocycles. The Bertz CT molecular complexity index is 862. The number of benzene rings is 1. The Kier molecular flexibility index (Phi) is 4.04. The van der Waals surface area contributed by atoms with Crippen LogP contribution in [-0.4, -0.2) is 46.5 Å². The van der Waals surface area contributed by atoms with Gasteiger partial charge >= 0.3 is 5.69 Å². The zero-order valence-electron chi connectivity index (χ0n) is 13.3. The average molecular weight is 316 g/mol. The Morgan fingerprint density at radius 2 is 2.17 bits per heavy atom. The molecule has 0 saturated carbocycles. The van der Waals surface area contributed by atoms with Crippen molar-refractivity contribution in [2.24, 2.45) is 0 Å². The quantitative estimate of drug-likeness (QED) is 0.843. The molecule has 0 radical (unpaired) electrons. The lowest BCUT2D eigenvalue weighted by Crippen LogP contribution is -2.38. The van der Waals surface area contributed by atoms with Gasteiger partial charge in [-0.15, -0.1) is 0 Å². The maximum Gasteiger partial charge on any atom is 0.328 e. The van der Waals surface area contributed by atoms with Crippen LogP contribution < -0.4 is 16.6 Å². The standard InChI is InChI=1S/C16H20N4O3/c1-3-20-15(22)12-5-4-10(8-13(12)18-16(20)23)14(21)19(2)11-6-7-17-9-11/h4-5,8,11,17H,3,6-7,9H2,1-2H3,(H,18,23). The van der Waals surface area contributed by atoms with Crippen LogP contribution in [0.15, 0.2) is 27.8 Å². The lowest BCUT2D eigenvalue weighted by Gasteiger charge is -2.23. The highest BCUT2D eigenvalue weighted by molar-refractivity contribution is 5.97. The maximum absolute atomic E-state index is 12.6. The van der Waals surface area contributed by atoms with Crippen molar-refractivity contribution in [3.63, 3.8) is 0 Å². The fourth-order valence-corrected chi connectivity index (χ4v) is 3.01. The Morgan fingerprint density at radius 1 is 1.39 bits per heavy atom. The molecule has 0 bridgehead atoms. The molecular weight excluding hydrogens is 296 g/mol. The normalized spacial score (nSPS) is 17.6. The topological polar surface area (TPSA) is 87.2 Å². The highest BCUT2D eigenvalue weighted by Crippen LogP contribution is 2.14. The minimum Gasteiger partial charge on any atom is -0.337 e. The lowest BCUT2D eigenvalue weighted by molar-refractivity contribution is 0.0744. The van der Waals surface area contributed by atoms with Crippen molar-refractivity contribution in [2.45, 2.75) is 25.9 Å². The zero-order valence-corrected chi connectivity index (χ0v) is 13.3. The van der Waals surface area contributed by atoms with Gasteiger partial charge in [0.2, 0.25) is 0 Å². The molecule has 1 aliphatic heterocycles. The summed E-state index contributed by atoms with van der Waals surface area (Å²) in [7, 11) is 1.78. The molecule has 0 spiro atoms. The molecule has 1 unspecified atom stereocenters. The van der Waals surface area contributed by atoms with Gasteiger partial charge in [-0.1, -0.05) is 0 Å². The summed E-state index contributed by atoms with van der Waals surface area (Å²) in [5.41, 5.74) is 0.0752. The Morgan fingerprint density at radius 3 is 2.83 bits per heavy atom. The first-order chi connectivity index (χ1) is 11.0. The minimum atomic E-state index is -0.456. The number of fused-ring (bicyclic) bond motifs is 1. The maximum atomic E-state index is 12.6. The summed E-state index contributed by atoms with van der Waals surface area (Å²) < 4.78 is 1.14. The molecule has 1 amide bonds. The number of nitrogens with one attached hydrogen (secondary N) is 2. The molecule has 7 heteroatoms. The summed E-state index contributed by atoms with van der Waals surface area (Å²) in [5.74, 6) is -0.110. The summed E-state index contributed by atoms with van der Waals surface area (Å²) in [5, 5.41) is 3.64. The average Bonchev–Trinajstić information content (AvgIpc) is 3.07. The zero-order chi connectivity index (χ0) is 16.6.